The number of halogens is 3. The quantitative estimate of drug-likeness (QED) is 0.823. The van der Waals surface area contributed by atoms with Gasteiger partial charge < -0.3 is 9.84 Å². The number of carboxylic acids is 1. The van der Waals surface area contributed by atoms with Gasteiger partial charge in [-0.05, 0) is 31.2 Å². The summed E-state index contributed by atoms with van der Waals surface area (Å²) in [5.74, 6) is -1.51. The van der Waals surface area contributed by atoms with Crippen LogP contribution in [-0.4, -0.2) is 38.3 Å². The van der Waals surface area contributed by atoms with Crippen molar-refractivity contribution in [2.75, 3.05) is 6.61 Å². The molecule has 21 heavy (non-hydrogen) atoms. The Morgan fingerprint density at radius 3 is 2.29 bits per heavy atom. The van der Waals surface area contributed by atoms with Crippen LogP contribution in [0.1, 0.15) is 6.92 Å². The summed E-state index contributed by atoms with van der Waals surface area (Å²) in [5, 5.41) is 8.63. The van der Waals surface area contributed by atoms with Crippen LogP contribution in [0.3, 0.4) is 0 Å². The van der Waals surface area contributed by atoms with E-state index >= 15 is 0 Å². The molecule has 118 valence electrons. The van der Waals surface area contributed by atoms with Crippen LogP contribution in [0.15, 0.2) is 29.2 Å². The Kier molecular flexibility index (Phi) is 5.18. The lowest BCUT2D eigenvalue weighted by atomic mass is 10.3. The van der Waals surface area contributed by atoms with Crippen LogP contribution < -0.4 is 9.46 Å². The number of hydrogen-bond donors (Lipinski definition) is 2. The number of aliphatic carboxylic acids is 1. The number of ether oxygens (including phenoxy) is 1. The molecule has 2 N–H and O–H groups in total. The summed E-state index contributed by atoms with van der Waals surface area (Å²) in [6.45, 7) is -0.353. The summed E-state index contributed by atoms with van der Waals surface area (Å²) in [7, 11) is -4.07. The molecule has 0 saturated heterocycles. The average molecular weight is 327 g/mol. The van der Waals surface area contributed by atoms with Crippen LogP contribution in [0, 0.1) is 0 Å². The minimum absolute atomic E-state index is 0.155. The molecular weight excluding hydrogens is 315 g/mol. The summed E-state index contributed by atoms with van der Waals surface area (Å²) < 4.78 is 65.7. The first kappa shape index (κ1) is 17.2. The van der Waals surface area contributed by atoms with E-state index in [-0.39, 0.29) is 10.6 Å². The normalized spacial score (nSPS) is 13.7. The van der Waals surface area contributed by atoms with Gasteiger partial charge in [0, 0.05) is 0 Å². The van der Waals surface area contributed by atoms with Gasteiger partial charge in [0.1, 0.15) is 11.8 Å². The lowest BCUT2D eigenvalue weighted by molar-refractivity contribution is -0.153. The first-order chi connectivity index (χ1) is 9.51. The van der Waals surface area contributed by atoms with Crippen LogP contribution in [-0.2, 0) is 14.8 Å². The lowest BCUT2D eigenvalue weighted by Crippen LogP contribution is -2.38. The molecule has 1 atom stereocenters. The summed E-state index contributed by atoms with van der Waals surface area (Å²) in [6, 6.07) is 2.79. The predicted octanol–water partition coefficient (Wildman–Crippen LogP) is 1.38. The van der Waals surface area contributed by atoms with Gasteiger partial charge in [-0.1, -0.05) is 0 Å². The summed E-state index contributed by atoms with van der Waals surface area (Å²) in [6.07, 6.45) is -4.50. The number of hydrogen-bond acceptors (Lipinski definition) is 4. The zero-order valence-corrected chi connectivity index (χ0v) is 11.5. The maximum atomic E-state index is 11.9. The van der Waals surface area contributed by atoms with Crippen LogP contribution in [0.2, 0.25) is 0 Å². The highest BCUT2D eigenvalue weighted by atomic mass is 32.2. The first-order valence-electron chi connectivity index (χ1n) is 5.56. The third-order valence-electron chi connectivity index (χ3n) is 2.24. The molecule has 10 heteroatoms. The Bertz CT molecular complexity index is 597. The van der Waals surface area contributed by atoms with Gasteiger partial charge in [0.15, 0.2) is 6.61 Å². The lowest BCUT2D eigenvalue weighted by Gasteiger charge is -2.12. The molecule has 0 aliphatic carbocycles. The standard InChI is InChI=1S/C11H12F3NO5S/c1-7(10(16)17)15-21(18,19)9-4-2-8(3-5-9)20-6-11(12,13)14/h2-5,7,15H,6H2,1H3,(H,16,17)/t7-/m0/s1. The van der Waals surface area contributed by atoms with Gasteiger partial charge in [-0.25, -0.2) is 8.42 Å². The SMILES string of the molecule is C[C@H](NS(=O)(=O)c1ccc(OCC(F)(F)F)cc1)C(=O)O. The second kappa shape index (κ2) is 6.31. The van der Waals surface area contributed by atoms with E-state index in [0.717, 1.165) is 31.2 Å². The highest BCUT2D eigenvalue weighted by Crippen LogP contribution is 2.20. The maximum Gasteiger partial charge on any atom is 0.422 e. The summed E-state index contributed by atoms with van der Waals surface area (Å²) in [4.78, 5) is 10.3. The van der Waals surface area contributed by atoms with E-state index in [1.807, 2.05) is 4.72 Å². The largest absolute Gasteiger partial charge is 0.484 e. The zero-order valence-electron chi connectivity index (χ0n) is 10.7. The molecular formula is C11H12F3NO5S. The molecule has 1 rings (SSSR count). The van der Waals surface area contributed by atoms with Crippen LogP contribution >= 0.6 is 0 Å². The fourth-order valence-corrected chi connectivity index (χ4v) is 2.43. The van der Waals surface area contributed by atoms with Crippen LogP contribution in [0.4, 0.5) is 13.2 Å². The molecule has 0 aromatic heterocycles. The van der Waals surface area contributed by atoms with Crippen LogP contribution in [0.5, 0.6) is 5.75 Å². The van der Waals surface area contributed by atoms with Gasteiger partial charge in [-0.15, -0.1) is 0 Å². The average Bonchev–Trinajstić information content (AvgIpc) is 2.35. The number of carbonyl (C=O) groups is 1. The Labute approximate surface area is 118 Å². The molecule has 0 unspecified atom stereocenters. The number of alkyl halides is 3. The minimum Gasteiger partial charge on any atom is -0.484 e. The van der Waals surface area contributed by atoms with Crippen molar-refractivity contribution in [3.63, 3.8) is 0 Å². The molecule has 0 saturated carbocycles. The molecule has 1 aromatic carbocycles. The molecule has 1 aromatic rings. The molecule has 0 amide bonds. The van der Waals surface area contributed by atoms with E-state index in [4.69, 9.17) is 5.11 Å². The Morgan fingerprint density at radius 1 is 1.33 bits per heavy atom. The van der Waals surface area contributed by atoms with Crippen molar-refractivity contribution in [3.8, 4) is 5.75 Å². The summed E-state index contributed by atoms with van der Waals surface area (Å²) >= 11 is 0. The van der Waals surface area contributed by atoms with E-state index < -0.39 is 34.8 Å². The Balaban J connectivity index is 2.79. The summed E-state index contributed by atoms with van der Waals surface area (Å²) in [5.41, 5.74) is 0. The maximum absolute atomic E-state index is 11.9. The topological polar surface area (TPSA) is 92.7 Å². The fourth-order valence-electron chi connectivity index (χ4n) is 1.23. The van der Waals surface area contributed by atoms with E-state index in [1.54, 1.807) is 0 Å². The van der Waals surface area contributed by atoms with Gasteiger partial charge in [0.2, 0.25) is 10.0 Å². The van der Waals surface area contributed by atoms with E-state index in [1.165, 1.54) is 0 Å². The fraction of sp³-hybridized carbons (Fsp3) is 0.364. The second-order valence-corrected chi connectivity index (χ2v) is 5.77. The number of nitrogens with one attached hydrogen (secondary N) is 1. The number of rotatable bonds is 6. The molecule has 0 bridgehead atoms. The molecule has 0 aliphatic rings. The monoisotopic (exact) mass is 327 g/mol. The van der Waals surface area contributed by atoms with E-state index in [9.17, 15) is 26.4 Å². The van der Waals surface area contributed by atoms with Gasteiger partial charge in [-0.3, -0.25) is 4.79 Å². The highest BCUT2D eigenvalue weighted by Gasteiger charge is 2.28. The van der Waals surface area contributed by atoms with Crippen LogP contribution in [0.25, 0.3) is 0 Å². The van der Waals surface area contributed by atoms with Crippen molar-refractivity contribution in [3.05, 3.63) is 24.3 Å². The van der Waals surface area contributed by atoms with Gasteiger partial charge in [-0.2, -0.15) is 17.9 Å². The highest BCUT2D eigenvalue weighted by molar-refractivity contribution is 7.89. The van der Waals surface area contributed by atoms with Crippen molar-refractivity contribution >= 4 is 16.0 Å². The molecule has 0 spiro atoms. The van der Waals surface area contributed by atoms with Crippen molar-refractivity contribution in [2.24, 2.45) is 0 Å². The van der Waals surface area contributed by atoms with E-state index in [0.29, 0.717) is 0 Å². The molecule has 0 radical (unpaired) electrons. The minimum atomic E-state index is -4.50. The zero-order chi connectivity index (χ0) is 16.3. The molecule has 0 heterocycles. The van der Waals surface area contributed by atoms with Gasteiger partial charge >= 0.3 is 12.1 Å². The Morgan fingerprint density at radius 2 is 1.86 bits per heavy atom. The molecule has 0 fully saturated rings. The van der Waals surface area contributed by atoms with Crippen molar-refractivity contribution in [1.29, 1.82) is 0 Å². The number of benzene rings is 1. The van der Waals surface area contributed by atoms with Gasteiger partial charge in [0.05, 0.1) is 4.90 Å². The smallest absolute Gasteiger partial charge is 0.422 e. The van der Waals surface area contributed by atoms with Crippen molar-refractivity contribution < 1.29 is 36.2 Å². The third kappa shape index (κ3) is 5.60. The first-order valence-corrected chi connectivity index (χ1v) is 7.04. The predicted molar refractivity (Wildman–Crippen MR) is 65.4 cm³/mol. The van der Waals surface area contributed by atoms with E-state index in [2.05, 4.69) is 4.74 Å². The second-order valence-electron chi connectivity index (χ2n) is 4.06. The third-order valence-corrected chi connectivity index (χ3v) is 3.80. The molecule has 6 nitrogen and oxygen atoms in total. The molecule has 0 aliphatic heterocycles. The Hall–Kier alpha value is -1.81. The number of sulfonamides is 1. The van der Waals surface area contributed by atoms with Crippen molar-refractivity contribution in [1.82, 2.24) is 4.72 Å². The van der Waals surface area contributed by atoms with Crippen molar-refractivity contribution in [2.45, 2.75) is 24.0 Å². The van der Waals surface area contributed by atoms with Gasteiger partial charge in [0.25, 0.3) is 0 Å². The number of carboxylic acid groups (broad SMARTS) is 1.